The van der Waals surface area contributed by atoms with Crippen LogP contribution in [-0.4, -0.2) is 110 Å². The van der Waals surface area contributed by atoms with E-state index in [0.717, 1.165) is 18.7 Å². The smallest absolute Gasteiger partial charge is 0.260 e. The lowest BCUT2D eigenvalue weighted by atomic mass is 10.1. The van der Waals surface area contributed by atoms with Crippen molar-refractivity contribution < 1.29 is 24.2 Å². The SMILES string of the molecule is CNC(=O)[C@H]1O[C@@H](n2cnc3c(NCc4cc(Cl)ccc4OCC(=O)N4CCN(C5CCCCCC5)CC4)ncnc32)[C@H](O)[C@@H]1N. The predicted octanol–water partition coefficient (Wildman–Crippen LogP) is 1.67. The van der Waals surface area contributed by atoms with E-state index >= 15 is 0 Å². The summed E-state index contributed by atoms with van der Waals surface area (Å²) in [6, 6.07) is 4.98. The lowest BCUT2D eigenvalue weighted by Crippen LogP contribution is -2.52. The number of halogens is 1. The van der Waals surface area contributed by atoms with Crippen LogP contribution in [0.4, 0.5) is 5.82 Å². The minimum Gasteiger partial charge on any atom is -0.483 e. The number of hydrogen-bond donors (Lipinski definition) is 4. The summed E-state index contributed by atoms with van der Waals surface area (Å²) in [7, 11) is 1.48. The van der Waals surface area contributed by atoms with Crippen LogP contribution in [0.1, 0.15) is 50.3 Å². The fraction of sp³-hybridized carbons (Fsp3) is 0.581. The van der Waals surface area contributed by atoms with Gasteiger partial charge in [-0.3, -0.25) is 19.1 Å². The summed E-state index contributed by atoms with van der Waals surface area (Å²) >= 11 is 6.33. The summed E-state index contributed by atoms with van der Waals surface area (Å²) in [6.07, 6.45) is 7.48. The Morgan fingerprint density at radius 1 is 1.11 bits per heavy atom. The molecule has 2 amide bonds. The Morgan fingerprint density at radius 3 is 2.61 bits per heavy atom. The van der Waals surface area contributed by atoms with Crippen molar-refractivity contribution in [2.24, 2.45) is 5.73 Å². The van der Waals surface area contributed by atoms with Gasteiger partial charge in [0.15, 0.2) is 35.9 Å². The van der Waals surface area contributed by atoms with Crippen molar-refractivity contribution in [3.63, 3.8) is 0 Å². The maximum Gasteiger partial charge on any atom is 0.260 e. The van der Waals surface area contributed by atoms with Crippen molar-refractivity contribution in [3.8, 4) is 5.75 Å². The normalized spacial score (nSPS) is 24.6. The number of likely N-dealkylation sites (N-methyl/N-ethyl adjacent to an activating group) is 1. The van der Waals surface area contributed by atoms with Gasteiger partial charge in [0.25, 0.3) is 11.8 Å². The van der Waals surface area contributed by atoms with E-state index in [0.29, 0.717) is 46.9 Å². The van der Waals surface area contributed by atoms with Crippen molar-refractivity contribution in [2.45, 2.75) is 75.6 Å². The molecule has 3 fully saturated rings. The van der Waals surface area contributed by atoms with Crippen LogP contribution < -0.4 is 21.1 Å². The number of nitrogens with zero attached hydrogens (tertiary/aromatic N) is 6. The fourth-order valence-electron chi connectivity index (χ4n) is 6.66. The Labute approximate surface area is 272 Å². The number of nitrogens with one attached hydrogen (secondary N) is 2. The number of aliphatic hydroxyl groups is 1. The predicted molar refractivity (Wildman–Crippen MR) is 171 cm³/mol. The Bertz CT molecular complexity index is 1520. The highest BCUT2D eigenvalue weighted by Crippen LogP contribution is 2.32. The molecule has 1 aromatic carbocycles. The first-order valence-corrected chi connectivity index (χ1v) is 16.4. The molecule has 3 aliphatic rings. The van der Waals surface area contributed by atoms with Gasteiger partial charge in [-0.15, -0.1) is 0 Å². The maximum absolute atomic E-state index is 13.1. The van der Waals surface area contributed by atoms with Gasteiger partial charge in [-0.1, -0.05) is 37.3 Å². The summed E-state index contributed by atoms with van der Waals surface area (Å²) in [4.78, 5) is 42.9. The van der Waals surface area contributed by atoms with Gasteiger partial charge in [0.2, 0.25) is 0 Å². The van der Waals surface area contributed by atoms with Crippen molar-refractivity contribution >= 4 is 40.4 Å². The quantitative estimate of drug-likeness (QED) is 0.247. The van der Waals surface area contributed by atoms with E-state index in [4.69, 9.17) is 26.8 Å². The molecule has 0 bridgehead atoms. The number of ether oxygens (including phenoxy) is 2. The van der Waals surface area contributed by atoms with Crippen LogP contribution in [-0.2, 0) is 20.9 Å². The van der Waals surface area contributed by atoms with Crippen molar-refractivity contribution in [1.82, 2.24) is 34.6 Å². The molecule has 0 spiro atoms. The molecule has 15 heteroatoms. The van der Waals surface area contributed by atoms with Crippen LogP contribution in [0.15, 0.2) is 30.9 Å². The molecule has 0 unspecified atom stereocenters. The minimum absolute atomic E-state index is 0.0351. The molecule has 1 aliphatic carbocycles. The monoisotopic (exact) mass is 655 g/mol. The zero-order valence-electron chi connectivity index (χ0n) is 26.0. The van der Waals surface area contributed by atoms with E-state index in [-0.39, 0.29) is 19.1 Å². The number of benzene rings is 1. The van der Waals surface area contributed by atoms with E-state index in [2.05, 4.69) is 30.5 Å². The number of rotatable bonds is 9. The number of aromatic nitrogens is 4. The summed E-state index contributed by atoms with van der Waals surface area (Å²) < 4.78 is 13.4. The number of anilines is 1. The van der Waals surface area contributed by atoms with Crippen LogP contribution in [0.25, 0.3) is 11.2 Å². The van der Waals surface area contributed by atoms with Gasteiger partial charge < -0.3 is 35.8 Å². The minimum atomic E-state index is -1.16. The van der Waals surface area contributed by atoms with E-state index in [1.807, 2.05) is 4.90 Å². The number of piperazine rings is 1. The molecule has 0 radical (unpaired) electrons. The van der Waals surface area contributed by atoms with Gasteiger partial charge in [-0.05, 0) is 31.0 Å². The second-order valence-corrected chi connectivity index (χ2v) is 12.6. The van der Waals surface area contributed by atoms with Gasteiger partial charge in [0.1, 0.15) is 18.2 Å². The lowest BCUT2D eigenvalue weighted by Gasteiger charge is -2.39. The second-order valence-electron chi connectivity index (χ2n) is 12.1. The molecule has 2 aliphatic heterocycles. The third kappa shape index (κ3) is 6.91. The number of nitrogens with two attached hydrogens (primary N) is 1. The van der Waals surface area contributed by atoms with Crippen molar-refractivity contribution in [3.05, 3.63) is 41.4 Å². The number of amides is 2. The van der Waals surface area contributed by atoms with E-state index in [1.165, 1.54) is 62.8 Å². The van der Waals surface area contributed by atoms with Crippen LogP contribution in [0.5, 0.6) is 5.75 Å². The van der Waals surface area contributed by atoms with Gasteiger partial charge >= 0.3 is 0 Å². The number of imidazole rings is 1. The molecule has 2 aromatic heterocycles. The Kier molecular flexibility index (Phi) is 10.2. The number of carbonyl (C=O) groups excluding carboxylic acids is 2. The highest BCUT2D eigenvalue weighted by atomic mass is 35.5. The first kappa shape index (κ1) is 32.4. The van der Waals surface area contributed by atoms with Gasteiger partial charge in [0.05, 0.1) is 12.4 Å². The Morgan fingerprint density at radius 2 is 1.87 bits per heavy atom. The second kappa shape index (κ2) is 14.5. The molecule has 5 N–H and O–H groups in total. The molecule has 6 rings (SSSR count). The van der Waals surface area contributed by atoms with E-state index < -0.39 is 30.4 Å². The first-order valence-electron chi connectivity index (χ1n) is 16.0. The average Bonchev–Trinajstić information content (AvgIpc) is 3.50. The summed E-state index contributed by atoms with van der Waals surface area (Å²) in [5, 5.41) is 17.0. The van der Waals surface area contributed by atoms with Gasteiger partial charge in [0, 0.05) is 56.4 Å². The zero-order chi connectivity index (χ0) is 32.2. The molecule has 1 saturated carbocycles. The Balaban J connectivity index is 1.08. The number of carbonyl (C=O) groups is 2. The molecule has 14 nitrogen and oxygen atoms in total. The fourth-order valence-corrected chi connectivity index (χ4v) is 6.86. The molecule has 248 valence electrons. The summed E-state index contributed by atoms with van der Waals surface area (Å²) in [5.41, 5.74) is 7.62. The largest absolute Gasteiger partial charge is 0.483 e. The molecular formula is C31H42ClN9O5. The highest BCUT2D eigenvalue weighted by Gasteiger charge is 2.46. The maximum atomic E-state index is 13.1. The van der Waals surface area contributed by atoms with Crippen molar-refractivity contribution in [1.29, 1.82) is 0 Å². The van der Waals surface area contributed by atoms with Crippen LogP contribution >= 0.6 is 11.6 Å². The summed E-state index contributed by atoms with van der Waals surface area (Å²) in [5.74, 6) is 0.503. The number of fused-ring (bicyclic) bond motifs is 1. The Hall–Kier alpha value is -3.56. The van der Waals surface area contributed by atoms with E-state index in [9.17, 15) is 14.7 Å². The van der Waals surface area contributed by atoms with Crippen LogP contribution in [0.2, 0.25) is 5.02 Å². The molecule has 46 heavy (non-hydrogen) atoms. The van der Waals surface area contributed by atoms with Gasteiger partial charge in [-0.25, -0.2) is 15.0 Å². The number of aliphatic hydroxyl groups excluding tert-OH is 1. The standard InChI is InChI=1S/C31H42ClN9O5/c1-34-30(44)27-24(33)26(43)31(46-27)41-18-38-25-28(36-17-37-29(25)41)35-15-19-14-20(32)8-9-22(19)45-16-23(42)40-12-10-39(11-13-40)21-6-4-2-3-5-7-21/h8-9,14,17-18,21,24,26-27,31,43H,2-7,10-13,15-16,33H2,1H3,(H,34,44)(H,35,36,37)/t24-,26+,27-,31+/m0/s1. The van der Waals surface area contributed by atoms with Crippen LogP contribution in [0, 0.1) is 0 Å². The zero-order valence-corrected chi connectivity index (χ0v) is 26.7. The molecule has 4 atom stereocenters. The van der Waals surface area contributed by atoms with Crippen molar-refractivity contribution in [2.75, 3.05) is 45.2 Å². The topological polar surface area (TPSA) is 173 Å². The molecular weight excluding hydrogens is 614 g/mol. The van der Waals surface area contributed by atoms with Gasteiger partial charge in [-0.2, -0.15) is 0 Å². The highest BCUT2D eigenvalue weighted by molar-refractivity contribution is 6.30. The lowest BCUT2D eigenvalue weighted by molar-refractivity contribution is -0.135. The van der Waals surface area contributed by atoms with E-state index in [1.54, 1.807) is 18.2 Å². The third-order valence-electron chi connectivity index (χ3n) is 9.29. The summed E-state index contributed by atoms with van der Waals surface area (Å²) in [6.45, 7) is 3.45. The third-order valence-corrected chi connectivity index (χ3v) is 9.52. The number of hydrogen-bond acceptors (Lipinski definition) is 11. The molecule has 4 heterocycles. The van der Waals surface area contributed by atoms with Crippen LogP contribution in [0.3, 0.4) is 0 Å². The molecule has 3 aromatic rings. The molecule has 2 saturated heterocycles. The average molecular weight is 656 g/mol. The first-order chi connectivity index (χ1) is 22.3.